The van der Waals surface area contributed by atoms with Gasteiger partial charge in [-0.1, -0.05) is 12.1 Å². The van der Waals surface area contributed by atoms with E-state index in [1.807, 2.05) is 23.7 Å². The largest absolute Gasteiger partial charge is 0.481 e. The van der Waals surface area contributed by atoms with Crippen molar-refractivity contribution in [2.45, 2.75) is 51.5 Å². The minimum Gasteiger partial charge on any atom is -0.481 e. The van der Waals surface area contributed by atoms with Gasteiger partial charge in [0.15, 0.2) is 0 Å². The van der Waals surface area contributed by atoms with Gasteiger partial charge in [-0.05, 0) is 67.9 Å². The number of nitrogens with zero attached hydrogens (tertiary/aromatic N) is 4. The van der Waals surface area contributed by atoms with Crippen LogP contribution in [0.5, 0.6) is 0 Å². The van der Waals surface area contributed by atoms with Crippen LogP contribution < -0.4 is 5.32 Å². The summed E-state index contributed by atoms with van der Waals surface area (Å²) in [5, 5.41) is 17.3. The van der Waals surface area contributed by atoms with Crippen molar-refractivity contribution in [3.63, 3.8) is 0 Å². The van der Waals surface area contributed by atoms with E-state index in [2.05, 4.69) is 27.5 Å². The zero-order valence-corrected chi connectivity index (χ0v) is 17.2. The molecule has 1 aliphatic heterocycles. The molecule has 0 bridgehead atoms. The molecule has 30 heavy (non-hydrogen) atoms. The van der Waals surface area contributed by atoms with Gasteiger partial charge in [0.1, 0.15) is 5.82 Å². The van der Waals surface area contributed by atoms with Gasteiger partial charge in [0.25, 0.3) is 0 Å². The molecule has 1 atom stereocenters. The summed E-state index contributed by atoms with van der Waals surface area (Å²) in [5.41, 5.74) is 5.28. The fraction of sp³-hybridized carbons (Fsp3) is 0.391. The summed E-state index contributed by atoms with van der Waals surface area (Å²) in [5.74, 6) is 0.172. The number of aromatic nitrogens is 4. The Kier molecular flexibility index (Phi) is 6.07. The van der Waals surface area contributed by atoms with E-state index in [1.165, 1.54) is 5.56 Å². The van der Waals surface area contributed by atoms with Crippen LogP contribution in [0.25, 0.3) is 0 Å². The van der Waals surface area contributed by atoms with Gasteiger partial charge in [0.2, 0.25) is 0 Å². The van der Waals surface area contributed by atoms with Gasteiger partial charge >= 0.3 is 5.97 Å². The molecule has 0 fully saturated rings. The predicted octanol–water partition coefficient (Wildman–Crippen LogP) is 3.58. The Morgan fingerprint density at radius 2 is 2.17 bits per heavy atom. The molecule has 2 N–H and O–H groups in total. The van der Waals surface area contributed by atoms with Gasteiger partial charge in [-0.25, -0.2) is 4.98 Å². The van der Waals surface area contributed by atoms with Gasteiger partial charge in [0, 0.05) is 36.5 Å². The molecule has 0 aliphatic carbocycles. The van der Waals surface area contributed by atoms with Crippen LogP contribution in [0, 0.1) is 6.92 Å². The Morgan fingerprint density at radius 1 is 1.27 bits per heavy atom. The molecule has 156 valence electrons. The predicted molar refractivity (Wildman–Crippen MR) is 115 cm³/mol. The van der Waals surface area contributed by atoms with Crippen LogP contribution in [0.2, 0.25) is 0 Å². The Morgan fingerprint density at radius 3 is 3.00 bits per heavy atom. The molecule has 0 spiro atoms. The number of rotatable bonds is 8. The first kappa shape index (κ1) is 20.1. The van der Waals surface area contributed by atoms with Crippen LogP contribution in [0.4, 0.5) is 5.82 Å². The number of carboxylic acids is 1. The van der Waals surface area contributed by atoms with Crippen LogP contribution >= 0.6 is 0 Å². The number of hydrogen-bond donors (Lipinski definition) is 2. The zero-order chi connectivity index (χ0) is 20.9. The molecule has 4 rings (SSSR count). The Labute approximate surface area is 176 Å². The van der Waals surface area contributed by atoms with Gasteiger partial charge < -0.3 is 10.4 Å². The SMILES string of the molecule is Cc1cncc(C(CC(=O)O)n2nccc2CCCc2ccc3c(n2)NCCC3)c1. The lowest BCUT2D eigenvalue weighted by Crippen LogP contribution is -2.19. The van der Waals surface area contributed by atoms with Crippen molar-refractivity contribution >= 4 is 11.8 Å². The number of carbonyl (C=O) groups is 1. The van der Waals surface area contributed by atoms with Crippen LogP contribution in [0.3, 0.4) is 0 Å². The molecule has 1 aliphatic rings. The van der Waals surface area contributed by atoms with E-state index < -0.39 is 5.97 Å². The lowest BCUT2D eigenvalue weighted by Gasteiger charge is -2.19. The maximum atomic E-state index is 11.5. The molecule has 0 saturated carbocycles. The molecule has 0 aromatic carbocycles. The van der Waals surface area contributed by atoms with E-state index in [9.17, 15) is 9.90 Å². The van der Waals surface area contributed by atoms with E-state index in [1.54, 1.807) is 18.6 Å². The number of nitrogens with one attached hydrogen (secondary N) is 1. The first-order valence-electron chi connectivity index (χ1n) is 10.5. The average molecular weight is 406 g/mol. The average Bonchev–Trinajstić information content (AvgIpc) is 3.20. The molecular formula is C23H27N5O2. The highest BCUT2D eigenvalue weighted by molar-refractivity contribution is 5.68. The number of fused-ring (bicyclic) bond motifs is 1. The summed E-state index contributed by atoms with van der Waals surface area (Å²) in [4.78, 5) is 20.5. The quantitative estimate of drug-likeness (QED) is 0.595. The zero-order valence-electron chi connectivity index (χ0n) is 17.2. The van der Waals surface area contributed by atoms with Crippen molar-refractivity contribution in [3.8, 4) is 0 Å². The second kappa shape index (κ2) is 9.07. The van der Waals surface area contributed by atoms with Crippen LogP contribution in [0.1, 0.15) is 53.4 Å². The number of aryl methyl sites for hydroxylation is 4. The maximum absolute atomic E-state index is 11.5. The molecule has 0 amide bonds. The highest BCUT2D eigenvalue weighted by atomic mass is 16.4. The summed E-state index contributed by atoms with van der Waals surface area (Å²) < 4.78 is 1.84. The van der Waals surface area contributed by atoms with Crippen molar-refractivity contribution < 1.29 is 9.90 Å². The number of hydrogen-bond acceptors (Lipinski definition) is 5. The number of aliphatic carboxylic acids is 1. The van der Waals surface area contributed by atoms with E-state index in [0.717, 1.165) is 67.0 Å². The van der Waals surface area contributed by atoms with Crippen LogP contribution in [-0.4, -0.2) is 37.4 Å². The van der Waals surface area contributed by atoms with Gasteiger partial charge in [-0.3, -0.25) is 14.5 Å². The number of pyridine rings is 2. The Bertz CT molecular complexity index is 1030. The maximum Gasteiger partial charge on any atom is 0.305 e. The third kappa shape index (κ3) is 4.67. The first-order chi connectivity index (χ1) is 14.6. The molecule has 0 radical (unpaired) electrons. The molecule has 7 heteroatoms. The molecule has 4 heterocycles. The summed E-state index contributed by atoms with van der Waals surface area (Å²) in [6.07, 6.45) is 10.1. The smallest absolute Gasteiger partial charge is 0.305 e. The minimum absolute atomic E-state index is 0.0299. The summed E-state index contributed by atoms with van der Waals surface area (Å²) >= 11 is 0. The molecular weight excluding hydrogens is 378 g/mol. The summed E-state index contributed by atoms with van der Waals surface area (Å²) in [6, 6.07) is 7.89. The van der Waals surface area contributed by atoms with Gasteiger partial charge in [-0.15, -0.1) is 0 Å². The molecule has 0 saturated heterocycles. The number of anilines is 1. The highest BCUT2D eigenvalue weighted by Gasteiger charge is 2.21. The fourth-order valence-electron chi connectivity index (χ4n) is 4.05. The van der Waals surface area contributed by atoms with Crippen LogP contribution in [-0.2, 0) is 24.1 Å². The first-order valence-corrected chi connectivity index (χ1v) is 10.5. The third-order valence-electron chi connectivity index (χ3n) is 5.51. The fourth-order valence-corrected chi connectivity index (χ4v) is 4.05. The normalized spacial score (nSPS) is 14.0. The summed E-state index contributed by atoms with van der Waals surface area (Å²) in [6.45, 7) is 2.94. The third-order valence-corrected chi connectivity index (χ3v) is 5.51. The van der Waals surface area contributed by atoms with E-state index >= 15 is 0 Å². The van der Waals surface area contributed by atoms with E-state index in [4.69, 9.17) is 4.98 Å². The molecule has 3 aromatic rings. The lowest BCUT2D eigenvalue weighted by atomic mass is 10.0. The van der Waals surface area contributed by atoms with Gasteiger partial charge in [-0.2, -0.15) is 5.10 Å². The van der Waals surface area contributed by atoms with Crippen molar-refractivity contribution in [2.75, 3.05) is 11.9 Å². The summed E-state index contributed by atoms with van der Waals surface area (Å²) in [7, 11) is 0. The Hall–Kier alpha value is -3.22. The monoisotopic (exact) mass is 405 g/mol. The van der Waals surface area contributed by atoms with Crippen molar-refractivity contribution in [2.24, 2.45) is 0 Å². The van der Waals surface area contributed by atoms with Crippen molar-refractivity contribution in [1.82, 2.24) is 19.7 Å². The molecule has 1 unspecified atom stereocenters. The van der Waals surface area contributed by atoms with Crippen LogP contribution in [0.15, 0.2) is 42.9 Å². The topological polar surface area (TPSA) is 92.9 Å². The minimum atomic E-state index is -0.853. The highest BCUT2D eigenvalue weighted by Crippen LogP contribution is 2.25. The second-order valence-corrected chi connectivity index (χ2v) is 7.87. The second-order valence-electron chi connectivity index (χ2n) is 7.87. The van der Waals surface area contributed by atoms with E-state index in [-0.39, 0.29) is 12.5 Å². The van der Waals surface area contributed by atoms with Crippen molar-refractivity contribution in [1.29, 1.82) is 0 Å². The number of carboxylic acid groups (broad SMARTS) is 1. The van der Waals surface area contributed by atoms with Gasteiger partial charge in [0.05, 0.1) is 12.5 Å². The standard InChI is InChI=1S/C23H27N5O2/c1-16-12-18(15-24-14-16)21(13-22(29)30)28-20(9-11-26-28)6-2-5-19-8-7-17-4-3-10-25-23(17)27-19/h7-9,11-12,14-15,21H,2-6,10,13H2,1H3,(H,25,27)(H,29,30). The Balaban J connectivity index is 1.47. The van der Waals surface area contributed by atoms with E-state index in [0.29, 0.717) is 0 Å². The molecule has 3 aromatic heterocycles. The lowest BCUT2D eigenvalue weighted by molar-refractivity contribution is -0.137. The molecule has 7 nitrogen and oxygen atoms in total. The van der Waals surface area contributed by atoms with Crippen molar-refractivity contribution in [3.05, 3.63) is 70.9 Å².